The van der Waals surface area contributed by atoms with Crippen molar-refractivity contribution in [2.45, 2.75) is 45.7 Å². The van der Waals surface area contributed by atoms with E-state index < -0.39 is 0 Å². The molecule has 1 aliphatic heterocycles. The van der Waals surface area contributed by atoms with E-state index in [2.05, 4.69) is 15.3 Å². The SMILES string of the molecule is Cc1c(C(=O)Nc2cnc3ccccc3c2)sc2ncn(CC(=O)N3CCCCC3C)c(=O)c12. The fourth-order valence-electron chi connectivity index (χ4n) is 4.52. The highest BCUT2D eigenvalue weighted by atomic mass is 32.1. The first-order chi connectivity index (χ1) is 16.4. The number of nitrogens with one attached hydrogen (secondary N) is 1. The van der Waals surface area contributed by atoms with Crippen LogP contribution in [0.15, 0.2) is 47.7 Å². The summed E-state index contributed by atoms with van der Waals surface area (Å²) in [5.41, 5.74) is 1.68. The third kappa shape index (κ3) is 4.07. The first-order valence-corrected chi connectivity index (χ1v) is 12.2. The van der Waals surface area contributed by atoms with Crippen LogP contribution in [0, 0.1) is 6.92 Å². The number of rotatable bonds is 4. The number of benzene rings is 1. The molecule has 5 rings (SSSR count). The highest BCUT2D eigenvalue weighted by molar-refractivity contribution is 7.20. The minimum atomic E-state index is -0.318. The molecule has 4 heterocycles. The van der Waals surface area contributed by atoms with Gasteiger partial charge in [0.25, 0.3) is 11.5 Å². The predicted molar refractivity (Wildman–Crippen MR) is 133 cm³/mol. The minimum absolute atomic E-state index is 0.0499. The highest BCUT2D eigenvalue weighted by Gasteiger charge is 2.25. The van der Waals surface area contributed by atoms with Crippen LogP contribution in [0.25, 0.3) is 21.1 Å². The lowest BCUT2D eigenvalue weighted by Crippen LogP contribution is -2.44. The number of fused-ring (bicyclic) bond motifs is 2. The molecule has 0 spiro atoms. The van der Waals surface area contributed by atoms with Gasteiger partial charge in [-0.1, -0.05) is 18.2 Å². The van der Waals surface area contributed by atoms with Gasteiger partial charge in [-0.25, -0.2) is 4.98 Å². The molecule has 0 bridgehead atoms. The summed E-state index contributed by atoms with van der Waals surface area (Å²) in [6.07, 6.45) is 6.10. The van der Waals surface area contributed by atoms with Gasteiger partial charge in [0.05, 0.1) is 34.0 Å². The van der Waals surface area contributed by atoms with Crippen molar-refractivity contribution in [3.63, 3.8) is 0 Å². The number of carbonyl (C=O) groups excluding carboxylic acids is 2. The highest BCUT2D eigenvalue weighted by Crippen LogP contribution is 2.28. The summed E-state index contributed by atoms with van der Waals surface area (Å²) in [4.78, 5) is 50.6. The second kappa shape index (κ2) is 8.98. The fraction of sp³-hybridized carbons (Fsp3) is 0.320. The van der Waals surface area contributed by atoms with Gasteiger partial charge in [-0.2, -0.15) is 0 Å². The average molecular weight is 476 g/mol. The van der Waals surface area contributed by atoms with E-state index in [1.165, 1.54) is 22.2 Å². The number of nitrogens with zero attached hydrogens (tertiary/aromatic N) is 4. The van der Waals surface area contributed by atoms with Crippen LogP contribution >= 0.6 is 11.3 Å². The quantitative estimate of drug-likeness (QED) is 0.482. The van der Waals surface area contributed by atoms with Gasteiger partial charge in [0, 0.05) is 18.0 Å². The third-order valence-electron chi connectivity index (χ3n) is 6.40. The molecule has 1 aromatic carbocycles. The zero-order valence-corrected chi connectivity index (χ0v) is 19.9. The van der Waals surface area contributed by atoms with Gasteiger partial charge in [0.2, 0.25) is 5.91 Å². The van der Waals surface area contributed by atoms with Gasteiger partial charge in [-0.05, 0) is 50.8 Å². The maximum Gasteiger partial charge on any atom is 0.266 e. The number of aromatic nitrogens is 3. The summed E-state index contributed by atoms with van der Waals surface area (Å²) in [6, 6.07) is 9.71. The molecule has 1 N–H and O–H groups in total. The molecule has 0 aliphatic carbocycles. The Bertz CT molecular complexity index is 1470. The molecule has 9 heteroatoms. The van der Waals surface area contributed by atoms with Crippen LogP contribution in [0.1, 0.15) is 41.4 Å². The van der Waals surface area contributed by atoms with Gasteiger partial charge in [-0.3, -0.25) is 23.9 Å². The summed E-state index contributed by atoms with van der Waals surface area (Å²) in [6.45, 7) is 4.45. The number of hydrogen-bond donors (Lipinski definition) is 1. The van der Waals surface area contributed by atoms with Crippen LogP contribution in [0.4, 0.5) is 5.69 Å². The number of likely N-dealkylation sites (tertiary alicyclic amines) is 1. The zero-order valence-electron chi connectivity index (χ0n) is 19.1. The van der Waals surface area contributed by atoms with Crippen LogP contribution in [0.2, 0.25) is 0 Å². The first-order valence-electron chi connectivity index (χ1n) is 11.4. The number of carbonyl (C=O) groups is 2. The Morgan fingerprint density at radius 2 is 2.03 bits per heavy atom. The second-order valence-electron chi connectivity index (χ2n) is 8.72. The van der Waals surface area contributed by atoms with Crippen molar-refractivity contribution < 1.29 is 9.59 Å². The maximum atomic E-state index is 13.2. The van der Waals surface area contributed by atoms with E-state index >= 15 is 0 Å². The first kappa shape index (κ1) is 22.2. The maximum absolute atomic E-state index is 13.2. The average Bonchev–Trinajstić information content (AvgIpc) is 3.18. The van der Waals surface area contributed by atoms with E-state index in [9.17, 15) is 14.4 Å². The predicted octanol–water partition coefficient (Wildman–Crippen LogP) is 3.97. The molecule has 1 atom stereocenters. The van der Waals surface area contributed by atoms with E-state index in [1.807, 2.05) is 42.2 Å². The van der Waals surface area contributed by atoms with Gasteiger partial charge in [-0.15, -0.1) is 11.3 Å². The Morgan fingerprint density at radius 1 is 1.21 bits per heavy atom. The van der Waals surface area contributed by atoms with Crippen LogP contribution in [-0.2, 0) is 11.3 Å². The molecule has 0 radical (unpaired) electrons. The van der Waals surface area contributed by atoms with Crippen molar-refractivity contribution in [1.82, 2.24) is 19.4 Å². The van der Waals surface area contributed by atoms with Crippen LogP contribution < -0.4 is 10.9 Å². The number of anilines is 1. The van der Waals surface area contributed by atoms with Crippen molar-refractivity contribution >= 4 is 50.0 Å². The topological polar surface area (TPSA) is 97.2 Å². The number of para-hydroxylation sites is 1. The lowest BCUT2D eigenvalue weighted by atomic mass is 10.0. The summed E-state index contributed by atoms with van der Waals surface area (Å²) in [5, 5.41) is 4.18. The molecular formula is C25H25N5O3S. The molecule has 0 saturated carbocycles. The van der Waals surface area contributed by atoms with Crippen molar-refractivity contribution in [1.29, 1.82) is 0 Å². The molecule has 174 valence electrons. The van der Waals surface area contributed by atoms with Crippen molar-refractivity contribution in [3.05, 3.63) is 63.7 Å². The van der Waals surface area contributed by atoms with Gasteiger partial charge in [0.15, 0.2) is 0 Å². The van der Waals surface area contributed by atoms with Crippen molar-refractivity contribution in [2.24, 2.45) is 0 Å². The molecular weight excluding hydrogens is 450 g/mol. The van der Waals surface area contributed by atoms with Crippen LogP contribution in [-0.4, -0.2) is 43.8 Å². The summed E-state index contributed by atoms with van der Waals surface area (Å²) < 4.78 is 1.35. The van der Waals surface area contributed by atoms with E-state index in [4.69, 9.17) is 0 Å². The zero-order chi connectivity index (χ0) is 23.8. The van der Waals surface area contributed by atoms with Gasteiger partial charge < -0.3 is 10.2 Å². The second-order valence-corrected chi connectivity index (χ2v) is 9.72. The van der Waals surface area contributed by atoms with Crippen LogP contribution in [0.3, 0.4) is 0 Å². The van der Waals surface area contributed by atoms with Crippen LogP contribution in [0.5, 0.6) is 0 Å². The third-order valence-corrected chi connectivity index (χ3v) is 7.60. The molecule has 3 aromatic heterocycles. The van der Waals surface area contributed by atoms with E-state index in [-0.39, 0.29) is 30.0 Å². The lowest BCUT2D eigenvalue weighted by molar-refractivity contribution is -0.135. The summed E-state index contributed by atoms with van der Waals surface area (Å²) in [5.74, 6) is -0.396. The number of aryl methyl sites for hydroxylation is 1. The molecule has 1 fully saturated rings. The van der Waals surface area contributed by atoms with Crippen molar-refractivity contribution in [3.8, 4) is 0 Å². The number of amides is 2. The van der Waals surface area contributed by atoms with E-state index in [0.29, 0.717) is 26.3 Å². The monoisotopic (exact) mass is 475 g/mol. The minimum Gasteiger partial charge on any atom is -0.338 e. The smallest absolute Gasteiger partial charge is 0.266 e. The van der Waals surface area contributed by atoms with E-state index in [0.717, 1.165) is 36.7 Å². The molecule has 1 unspecified atom stereocenters. The molecule has 4 aromatic rings. The molecule has 2 amide bonds. The normalized spacial score (nSPS) is 16.2. The van der Waals surface area contributed by atoms with Gasteiger partial charge in [0.1, 0.15) is 11.4 Å². The Morgan fingerprint density at radius 3 is 2.85 bits per heavy atom. The lowest BCUT2D eigenvalue weighted by Gasteiger charge is -2.33. The largest absolute Gasteiger partial charge is 0.338 e. The number of hydrogen-bond acceptors (Lipinski definition) is 6. The summed E-state index contributed by atoms with van der Waals surface area (Å²) in [7, 11) is 0. The summed E-state index contributed by atoms with van der Waals surface area (Å²) >= 11 is 1.17. The standard InChI is InChI=1S/C25H25N5O3S/c1-15-7-5-6-10-30(15)20(31)13-29-14-27-24-21(25(29)33)16(2)22(34-24)23(32)28-18-11-17-8-3-4-9-19(17)26-12-18/h3-4,8-9,11-12,14-15H,5-7,10,13H2,1-2H3,(H,28,32). The van der Waals surface area contributed by atoms with E-state index in [1.54, 1.807) is 13.1 Å². The Hall–Kier alpha value is -3.59. The number of pyridine rings is 1. The Kier molecular flexibility index (Phi) is 5.87. The van der Waals surface area contributed by atoms with Crippen molar-refractivity contribution in [2.75, 3.05) is 11.9 Å². The molecule has 1 saturated heterocycles. The fourth-order valence-corrected chi connectivity index (χ4v) is 5.56. The number of piperidine rings is 1. The molecule has 1 aliphatic rings. The molecule has 8 nitrogen and oxygen atoms in total. The Balaban J connectivity index is 1.41. The Labute approximate surface area is 200 Å². The molecule has 34 heavy (non-hydrogen) atoms. The number of thiophene rings is 1. The van der Waals surface area contributed by atoms with Gasteiger partial charge >= 0.3 is 0 Å².